The van der Waals surface area contributed by atoms with Gasteiger partial charge in [-0.05, 0) is 109 Å². The molecule has 0 radical (unpaired) electrons. The molecule has 1 nitrogen and oxygen atoms in total. The van der Waals surface area contributed by atoms with Crippen LogP contribution in [0.2, 0.25) is 0 Å². The van der Waals surface area contributed by atoms with Gasteiger partial charge < -0.3 is 4.90 Å². The van der Waals surface area contributed by atoms with Crippen molar-refractivity contribution in [3.8, 4) is 33.4 Å². The van der Waals surface area contributed by atoms with Crippen LogP contribution in [0.15, 0.2) is 237 Å². The van der Waals surface area contributed by atoms with E-state index >= 15 is 0 Å². The molecule has 0 N–H and O–H groups in total. The van der Waals surface area contributed by atoms with Gasteiger partial charge in [-0.25, -0.2) is 0 Å². The third kappa shape index (κ3) is 5.60. The van der Waals surface area contributed by atoms with E-state index in [9.17, 15) is 0 Å². The highest BCUT2D eigenvalue weighted by molar-refractivity contribution is 7.26. The Morgan fingerprint density at radius 3 is 1.67 bits per heavy atom. The van der Waals surface area contributed by atoms with Crippen molar-refractivity contribution in [2.75, 3.05) is 4.90 Å². The number of hydrogen-bond acceptors (Lipinski definition) is 2. The molecule has 12 rings (SSSR count). The first-order valence-electron chi connectivity index (χ1n) is 21.0. The number of rotatable bonds is 7. The molecule has 0 fully saturated rings. The Balaban J connectivity index is 1.09. The van der Waals surface area contributed by atoms with Gasteiger partial charge in [0.15, 0.2) is 0 Å². The van der Waals surface area contributed by atoms with Crippen LogP contribution in [-0.2, 0) is 5.41 Å². The molecule has 0 bridgehead atoms. The average molecular weight is 794 g/mol. The molecule has 0 spiro atoms. The van der Waals surface area contributed by atoms with Crippen molar-refractivity contribution >= 4 is 59.3 Å². The molecule has 1 aliphatic carbocycles. The molecule has 0 saturated carbocycles. The van der Waals surface area contributed by atoms with E-state index in [4.69, 9.17) is 0 Å². The van der Waals surface area contributed by atoms with Crippen LogP contribution in [0.4, 0.5) is 17.1 Å². The Labute approximate surface area is 360 Å². The lowest BCUT2D eigenvalue weighted by Crippen LogP contribution is -2.29. The zero-order valence-corrected chi connectivity index (χ0v) is 34.2. The highest BCUT2D eigenvalue weighted by Gasteiger charge is 2.47. The summed E-state index contributed by atoms with van der Waals surface area (Å²) in [6, 6.07) is 87.3. The predicted octanol–water partition coefficient (Wildman–Crippen LogP) is 16.4. The first kappa shape index (κ1) is 35.4. The van der Waals surface area contributed by atoms with Gasteiger partial charge in [-0.2, -0.15) is 0 Å². The summed E-state index contributed by atoms with van der Waals surface area (Å²) in [4.78, 5) is 2.43. The number of anilines is 3. The first-order valence-corrected chi connectivity index (χ1v) is 21.8. The summed E-state index contributed by atoms with van der Waals surface area (Å²) in [5.41, 5.74) is 15.3. The highest BCUT2D eigenvalue weighted by atomic mass is 32.1. The quantitative estimate of drug-likeness (QED) is 0.155. The van der Waals surface area contributed by atoms with Crippen LogP contribution >= 0.6 is 11.3 Å². The van der Waals surface area contributed by atoms with E-state index in [-0.39, 0.29) is 0 Å². The van der Waals surface area contributed by atoms with Gasteiger partial charge in [0.2, 0.25) is 0 Å². The van der Waals surface area contributed by atoms with Gasteiger partial charge in [0.1, 0.15) is 0 Å². The largest absolute Gasteiger partial charge is 0.310 e. The summed E-state index contributed by atoms with van der Waals surface area (Å²) in [6.07, 6.45) is 0. The van der Waals surface area contributed by atoms with Gasteiger partial charge in [0.25, 0.3) is 0 Å². The van der Waals surface area contributed by atoms with Gasteiger partial charge >= 0.3 is 0 Å². The SMILES string of the molecule is c1ccc(-c2ccc(N(c3ccc(-c4cccc5ccccc45)cc3)c3ccc4c(c3)C(c3ccccc3)(c3cccc5c3sc3ccccc35)c3ccccc3-4)cc2)cc1. The van der Waals surface area contributed by atoms with Gasteiger partial charge in [0, 0.05) is 37.2 Å². The molecule has 0 amide bonds. The molecule has 1 aromatic heterocycles. The summed E-state index contributed by atoms with van der Waals surface area (Å²) in [5.74, 6) is 0. The van der Waals surface area contributed by atoms with E-state index in [1.165, 1.54) is 86.6 Å². The molecule has 0 aliphatic heterocycles. The van der Waals surface area contributed by atoms with Gasteiger partial charge in [0.05, 0.1) is 5.41 Å². The summed E-state index contributed by atoms with van der Waals surface area (Å²) in [7, 11) is 0. The summed E-state index contributed by atoms with van der Waals surface area (Å²) in [6.45, 7) is 0. The van der Waals surface area contributed by atoms with Crippen LogP contribution in [0.5, 0.6) is 0 Å². The lowest BCUT2D eigenvalue weighted by atomic mass is 9.67. The molecule has 10 aromatic carbocycles. The topological polar surface area (TPSA) is 3.24 Å². The second kappa shape index (κ2) is 14.3. The van der Waals surface area contributed by atoms with Crippen LogP contribution in [0, 0.1) is 0 Å². The minimum atomic E-state index is -0.565. The van der Waals surface area contributed by atoms with Crippen LogP contribution in [0.25, 0.3) is 64.3 Å². The summed E-state index contributed by atoms with van der Waals surface area (Å²) < 4.78 is 2.64. The molecule has 286 valence electrons. The van der Waals surface area contributed by atoms with E-state index in [1.54, 1.807) is 0 Å². The fraction of sp³-hybridized carbons (Fsp3) is 0.0169. The molecular formula is C59H39NS. The molecular weight excluding hydrogens is 755 g/mol. The molecule has 1 atom stereocenters. The Morgan fingerprint density at radius 2 is 0.869 bits per heavy atom. The lowest BCUT2D eigenvalue weighted by Gasteiger charge is -2.35. The number of nitrogens with zero attached hydrogens (tertiary/aromatic N) is 1. The lowest BCUT2D eigenvalue weighted by molar-refractivity contribution is 0.777. The standard InChI is InChI=1S/C59H39NS/c1-3-15-40(16-4-1)41-29-33-45(34-30-41)60(46-35-31-43(32-36-46)49-24-13-18-42-17-7-8-21-48(42)49)47-37-38-51-50-22-9-11-26-54(50)59(56(51)39-47,44-19-5-2-6-20-44)55-27-14-25-53-52-23-10-12-28-57(52)61-58(53)55/h1-39H. The molecule has 1 unspecified atom stereocenters. The van der Waals surface area contributed by atoms with Crippen molar-refractivity contribution in [1.82, 2.24) is 0 Å². The average Bonchev–Trinajstić information content (AvgIpc) is 3.86. The number of fused-ring (bicyclic) bond motifs is 7. The normalized spacial score (nSPS) is 14.3. The highest BCUT2D eigenvalue weighted by Crippen LogP contribution is 2.59. The minimum absolute atomic E-state index is 0.565. The molecule has 0 saturated heterocycles. The van der Waals surface area contributed by atoms with E-state index in [2.05, 4.69) is 241 Å². The van der Waals surface area contributed by atoms with Gasteiger partial charge in [-0.15, -0.1) is 11.3 Å². The monoisotopic (exact) mass is 793 g/mol. The smallest absolute Gasteiger partial charge is 0.0728 e. The third-order valence-corrected chi connectivity index (χ3v) is 14.0. The van der Waals surface area contributed by atoms with Crippen molar-refractivity contribution < 1.29 is 0 Å². The van der Waals surface area contributed by atoms with Crippen molar-refractivity contribution in [1.29, 1.82) is 0 Å². The maximum atomic E-state index is 2.48. The van der Waals surface area contributed by atoms with E-state index in [1.807, 2.05) is 11.3 Å². The molecule has 1 aliphatic rings. The maximum absolute atomic E-state index is 2.48. The number of thiophene rings is 1. The van der Waals surface area contributed by atoms with E-state index in [0.717, 1.165) is 17.1 Å². The number of benzene rings is 10. The van der Waals surface area contributed by atoms with Crippen LogP contribution in [0.1, 0.15) is 22.3 Å². The Morgan fingerprint density at radius 1 is 0.328 bits per heavy atom. The van der Waals surface area contributed by atoms with Crippen LogP contribution in [0.3, 0.4) is 0 Å². The van der Waals surface area contributed by atoms with Crippen molar-refractivity contribution in [3.05, 3.63) is 259 Å². The molecule has 2 heteroatoms. The van der Waals surface area contributed by atoms with Gasteiger partial charge in [-0.3, -0.25) is 0 Å². The Bertz CT molecular complexity index is 3400. The van der Waals surface area contributed by atoms with Gasteiger partial charge in [-0.1, -0.05) is 194 Å². The van der Waals surface area contributed by atoms with E-state index in [0.29, 0.717) is 0 Å². The minimum Gasteiger partial charge on any atom is -0.310 e. The third-order valence-electron chi connectivity index (χ3n) is 12.8. The Kier molecular flexibility index (Phi) is 8.33. The fourth-order valence-corrected chi connectivity index (χ4v) is 11.3. The second-order valence-corrected chi connectivity index (χ2v) is 17.0. The van der Waals surface area contributed by atoms with E-state index < -0.39 is 5.41 Å². The Hall–Kier alpha value is -7.52. The summed E-state index contributed by atoms with van der Waals surface area (Å²) in [5, 5.41) is 5.12. The molecule has 61 heavy (non-hydrogen) atoms. The zero-order valence-electron chi connectivity index (χ0n) is 33.4. The predicted molar refractivity (Wildman–Crippen MR) is 260 cm³/mol. The second-order valence-electron chi connectivity index (χ2n) is 16.0. The molecule has 1 heterocycles. The van der Waals surface area contributed by atoms with Crippen LogP contribution < -0.4 is 4.90 Å². The van der Waals surface area contributed by atoms with Crippen molar-refractivity contribution in [3.63, 3.8) is 0 Å². The maximum Gasteiger partial charge on any atom is 0.0728 e. The van der Waals surface area contributed by atoms with Crippen LogP contribution in [-0.4, -0.2) is 0 Å². The summed E-state index contributed by atoms with van der Waals surface area (Å²) >= 11 is 1.91. The fourth-order valence-electron chi connectivity index (χ4n) is 10.0. The van der Waals surface area contributed by atoms with Crippen molar-refractivity contribution in [2.45, 2.75) is 5.41 Å². The number of hydrogen-bond donors (Lipinski definition) is 0. The zero-order chi connectivity index (χ0) is 40.3. The molecule has 11 aromatic rings. The first-order chi connectivity index (χ1) is 30.3. The van der Waals surface area contributed by atoms with Crippen molar-refractivity contribution in [2.24, 2.45) is 0 Å².